The van der Waals surface area contributed by atoms with Crippen molar-refractivity contribution in [1.82, 2.24) is 5.32 Å². The topological polar surface area (TPSA) is 38.3 Å². The summed E-state index contributed by atoms with van der Waals surface area (Å²) in [6, 6.07) is 0. The van der Waals surface area contributed by atoms with E-state index in [9.17, 15) is 22.4 Å². The van der Waals surface area contributed by atoms with E-state index in [1.807, 2.05) is 0 Å². The summed E-state index contributed by atoms with van der Waals surface area (Å²) in [5.74, 6) is -1.49. The molecule has 1 N–H and O–H groups in total. The van der Waals surface area contributed by atoms with Crippen LogP contribution < -0.4 is 5.32 Å². The van der Waals surface area contributed by atoms with Gasteiger partial charge in [-0.05, 0) is 6.92 Å². The maximum atomic E-state index is 14.0. The number of halogens is 4. The van der Waals surface area contributed by atoms with Crippen molar-refractivity contribution in [3.8, 4) is 0 Å². The van der Waals surface area contributed by atoms with Crippen molar-refractivity contribution in [3.63, 3.8) is 0 Å². The highest BCUT2D eigenvalue weighted by molar-refractivity contribution is 5.81. The normalized spacial score (nSPS) is 36.7. The zero-order chi connectivity index (χ0) is 11.9. The van der Waals surface area contributed by atoms with Gasteiger partial charge in [-0.2, -0.15) is 13.2 Å². The molecule has 0 saturated carbocycles. The van der Waals surface area contributed by atoms with Crippen molar-refractivity contribution in [2.24, 2.45) is 5.41 Å². The Morgan fingerprint density at radius 3 is 2.33 bits per heavy atom. The van der Waals surface area contributed by atoms with E-state index in [0.29, 0.717) is 6.92 Å². The molecule has 0 aliphatic carbocycles. The quantitative estimate of drug-likeness (QED) is 0.539. The summed E-state index contributed by atoms with van der Waals surface area (Å²) in [6.45, 7) is -0.651. The van der Waals surface area contributed by atoms with E-state index in [4.69, 9.17) is 0 Å². The van der Waals surface area contributed by atoms with Gasteiger partial charge in [0.2, 0.25) is 5.67 Å². The number of hydrogen-bond donors (Lipinski definition) is 1. The van der Waals surface area contributed by atoms with Crippen LogP contribution in [0.1, 0.15) is 6.92 Å². The molecule has 2 unspecified atom stereocenters. The number of rotatable bonds is 1. The monoisotopic (exact) mass is 229 g/mol. The minimum Gasteiger partial charge on any atom is -0.467 e. The van der Waals surface area contributed by atoms with E-state index in [1.54, 1.807) is 0 Å². The zero-order valence-corrected chi connectivity index (χ0v) is 8.24. The van der Waals surface area contributed by atoms with Gasteiger partial charge in [0, 0.05) is 13.1 Å². The number of hydrogen-bond acceptors (Lipinski definition) is 3. The molecule has 1 heterocycles. The molecule has 1 fully saturated rings. The lowest BCUT2D eigenvalue weighted by molar-refractivity contribution is -0.248. The molecular formula is C8H11F4NO2. The smallest absolute Gasteiger partial charge is 0.399 e. The summed E-state index contributed by atoms with van der Waals surface area (Å²) in [7, 11) is 0.860. The Hall–Kier alpha value is -0.850. The highest BCUT2D eigenvalue weighted by atomic mass is 19.4. The van der Waals surface area contributed by atoms with E-state index < -0.39 is 36.3 Å². The molecule has 88 valence electrons. The number of alkyl halides is 4. The van der Waals surface area contributed by atoms with Crippen molar-refractivity contribution in [1.29, 1.82) is 0 Å². The Bertz CT molecular complexity index is 280. The Morgan fingerprint density at radius 1 is 1.40 bits per heavy atom. The van der Waals surface area contributed by atoms with Crippen molar-refractivity contribution in [3.05, 3.63) is 0 Å². The fourth-order valence-electron chi connectivity index (χ4n) is 1.60. The standard InChI is InChI=1S/C8H11F4NO2/c1-6(8(10,11)12)3-13-4-7(6,9)5(14)15-2/h13H,3-4H2,1-2H3. The van der Waals surface area contributed by atoms with Crippen LogP contribution in [-0.2, 0) is 9.53 Å². The first kappa shape index (κ1) is 12.2. The van der Waals surface area contributed by atoms with Crippen molar-refractivity contribution in [2.45, 2.75) is 18.8 Å². The molecular weight excluding hydrogens is 218 g/mol. The van der Waals surface area contributed by atoms with Crippen LogP contribution in [0.4, 0.5) is 17.6 Å². The van der Waals surface area contributed by atoms with Crippen LogP contribution in [0.25, 0.3) is 0 Å². The van der Waals surface area contributed by atoms with Crippen LogP contribution in [-0.4, -0.2) is 38.0 Å². The van der Waals surface area contributed by atoms with Gasteiger partial charge in [0.05, 0.1) is 7.11 Å². The van der Waals surface area contributed by atoms with Crippen molar-refractivity contribution in [2.75, 3.05) is 20.2 Å². The zero-order valence-electron chi connectivity index (χ0n) is 8.24. The van der Waals surface area contributed by atoms with Gasteiger partial charge in [0.1, 0.15) is 5.41 Å². The van der Waals surface area contributed by atoms with Crippen molar-refractivity contribution >= 4 is 5.97 Å². The summed E-state index contributed by atoms with van der Waals surface area (Å²) in [5, 5.41) is 2.23. The number of carbonyl (C=O) groups excluding carboxylic acids is 1. The van der Waals surface area contributed by atoms with Crippen LogP contribution in [0.2, 0.25) is 0 Å². The molecule has 15 heavy (non-hydrogen) atoms. The average Bonchev–Trinajstić information content (AvgIpc) is 2.43. The third-order valence-electron chi connectivity index (χ3n) is 2.86. The molecule has 3 nitrogen and oxygen atoms in total. The van der Waals surface area contributed by atoms with E-state index in [2.05, 4.69) is 10.1 Å². The second-order valence-corrected chi connectivity index (χ2v) is 3.73. The van der Waals surface area contributed by atoms with Gasteiger partial charge in [-0.15, -0.1) is 0 Å². The molecule has 0 radical (unpaired) electrons. The van der Waals surface area contributed by atoms with E-state index in [1.165, 1.54) is 0 Å². The number of esters is 1. The van der Waals surface area contributed by atoms with Gasteiger partial charge in [0.15, 0.2) is 0 Å². The first-order chi connectivity index (χ1) is 6.69. The maximum absolute atomic E-state index is 14.0. The molecule has 2 atom stereocenters. The fourth-order valence-corrected chi connectivity index (χ4v) is 1.60. The lowest BCUT2D eigenvalue weighted by atomic mass is 9.76. The highest BCUT2D eigenvalue weighted by Crippen LogP contribution is 2.50. The summed E-state index contributed by atoms with van der Waals surface area (Å²) in [5.41, 5.74) is -5.80. The third kappa shape index (κ3) is 1.49. The van der Waals surface area contributed by atoms with Crippen molar-refractivity contribution < 1.29 is 27.1 Å². The van der Waals surface area contributed by atoms with Gasteiger partial charge in [-0.3, -0.25) is 0 Å². The van der Waals surface area contributed by atoms with E-state index >= 15 is 0 Å². The molecule has 0 amide bonds. The Balaban J connectivity index is 3.14. The van der Waals surface area contributed by atoms with E-state index in [-0.39, 0.29) is 0 Å². The molecule has 0 aromatic rings. The first-order valence-electron chi connectivity index (χ1n) is 4.24. The van der Waals surface area contributed by atoms with Crippen LogP contribution in [0.15, 0.2) is 0 Å². The van der Waals surface area contributed by atoms with E-state index in [0.717, 1.165) is 7.11 Å². The molecule has 0 aromatic carbocycles. The molecule has 1 aliphatic heterocycles. The Morgan fingerprint density at radius 2 is 1.93 bits per heavy atom. The largest absolute Gasteiger partial charge is 0.467 e. The second kappa shape index (κ2) is 3.33. The minimum absolute atomic E-state index is 0.637. The molecule has 1 rings (SSSR count). The summed E-state index contributed by atoms with van der Waals surface area (Å²) in [4.78, 5) is 11.1. The van der Waals surface area contributed by atoms with Crippen LogP contribution in [0.3, 0.4) is 0 Å². The number of ether oxygens (including phenoxy) is 1. The molecule has 1 saturated heterocycles. The number of methoxy groups -OCH3 is 1. The van der Waals surface area contributed by atoms with Crippen LogP contribution >= 0.6 is 0 Å². The summed E-state index contributed by atoms with van der Waals surface area (Å²) < 4.78 is 56.0. The maximum Gasteiger partial charge on any atom is 0.399 e. The third-order valence-corrected chi connectivity index (χ3v) is 2.86. The second-order valence-electron chi connectivity index (χ2n) is 3.73. The predicted octanol–water partition coefficient (Wildman–Crippen LogP) is 1.04. The highest BCUT2D eigenvalue weighted by Gasteiger charge is 2.71. The van der Waals surface area contributed by atoms with Gasteiger partial charge < -0.3 is 10.1 Å². The average molecular weight is 229 g/mol. The molecule has 7 heteroatoms. The minimum atomic E-state index is -4.81. The fraction of sp³-hybridized carbons (Fsp3) is 0.875. The predicted molar refractivity (Wildman–Crippen MR) is 42.9 cm³/mol. The Kier molecular flexibility index (Phi) is 2.71. The lowest BCUT2D eigenvalue weighted by Crippen LogP contribution is -2.56. The summed E-state index contributed by atoms with van der Waals surface area (Å²) >= 11 is 0. The SMILES string of the molecule is COC(=O)C1(F)CNCC1(C)C(F)(F)F. The number of carbonyl (C=O) groups is 1. The summed E-state index contributed by atoms with van der Waals surface area (Å²) in [6.07, 6.45) is -4.81. The van der Waals surface area contributed by atoms with Gasteiger partial charge in [-0.1, -0.05) is 0 Å². The molecule has 1 aliphatic rings. The molecule has 0 spiro atoms. The molecule has 0 bridgehead atoms. The number of nitrogens with one attached hydrogen (secondary N) is 1. The van der Waals surface area contributed by atoms with Gasteiger partial charge in [0.25, 0.3) is 0 Å². The lowest BCUT2D eigenvalue weighted by Gasteiger charge is -2.35. The van der Waals surface area contributed by atoms with Crippen LogP contribution in [0.5, 0.6) is 0 Å². The van der Waals surface area contributed by atoms with Gasteiger partial charge >= 0.3 is 12.1 Å². The Labute approximate surface area is 83.8 Å². The molecule has 0 aromatic heterocycles. The van der Waals surface area contributed by atoms with Crippen LogP contribution in [0, 0.1) is 5.41 Å². The first-order valence-corrected chi connectivity index (χ1v) is 4.24. The van der Waals surface area contributed by atoms with Gasteiger partial charge in [-0.25, -0.2) is 9.18 Å².